The third-order valence-corrected chi connectivity index (χ3v) is 3.59. The Hall–Kier alpha value is -1.40. The van der Waals surface area contributed by atoms with Crippen LogP contribution in [0.15, 0.2) is 0 Å². The Kier molecular flexibility index (Phi) is 4.21. The van der Waals surface area contributed by atoms with Crippen LogP contribution in [0, 0.1) is 13.8 Å². The first-order valence-corrected chi connectivity index (χ1v) is 6.73. The van der Waals surface area contributed by atoms with Crippen LogP contribution in [0.5, 0.6) is 0 Å². The maximum absolute atomic E-state index is 12.1. The van der Waals surface area contributed by atoms with E-state index in [4.69, 9.17) is 0 Å². The van der Waals surface area contributed by atoms with Crippen molar-refractivity contribution in [2.75, 3.05) is 31.5 Å². The van der Waals surface area contributed by atoms with Gasteiger partial charge in [-0.2, -0.15) is 5.10 Å². The zero-order valence-corrected chi connectivity index (χ0v) is 12.2. The average molecular weight is 265 g/mol. The summed E-state index contributed by atoms with van der Waals surface area (Å²) >= 11 is 0. The van der Waals surface area contributed by atoms with Gasteiger partial charge in [0.2, 0.25) is 5.91 Å². The van der Waals surface area contributed by atoms with Gasteiger partial charge in [0.05, 0.1) is 23.6 Å². The molecule has 1 fully saturated rings. The van der Waals surface area contributed by atoms with Crippen molar-refractivity contribution in [1.82, 2.24) is 20.0 Å². The highest BCUT2D eigenvalue weighted by Gasteiger charge is 2.19. The fraction of sp³-hybridized carbons (Fsp3) is 0.692. The van der Waals surface area contributed by atoms with Gasteiger partial charge in [0.1, 0.15) is 0 Å². The lowest BCUT2D eigenvalue weighted by Gasteiger charge is -2.31. The molecule has 0 bridgehead atoms. The minimum absolute atomic E-state index is 0.0355. The minimum Gasteiger partial charge on any atom is -0.322 e. The molecule has 6 nitrogen and oxygen atoms in total. The van der Waals surface area contributed by atoms with Crippen LogP contribution in [0.2, 0.25) is 0 Å². The normalized spacial score (nSPS) is 20.5. The minimum atomic E-state index is 0.0355. The second kappa shape index (κ2) is 5.71. The number of carbonyl (C=O) groups excluding carboxylic acids is 1. The number of amides is 1. The number of aryl methyl sites for hydroxylation is 2. The summed E-state index contributed by atoms with van der Waals surface area (Å²) in [4.78, 5) is 14.3. The Bertz CT molecular complexity index is 468. The largest absolute Gasteiger partial charge is 0.322 e. The Balaban J connectivity index is 1.94. The van der Waals surface area contributed by atoms with Gasteiger partial charge in [0.15, 0.2) is 0 Å². The number of carbonyl (C=O) groups is 1. The van der Waals surface area contributed by atoms with Crippen LogP contribution < -0.4 is 10.6 Å². The highest BCUT2D eigenvalue weighted by molar-refractivity contribution is 5.93. The molecule has 1 saturated heterocycles. The third-order valence-electron chi connectivity index (χ3n) is 3.59. The summed E-state index contributed by atoms with van der Waals surface area (Å²) in [5, 5.41) is 10.6. The van der Waals surface area contributed by atoms with Gasteiger partial charge in [-0.15, -0.1) is 0 Å². The topological polar surface area (TPSA) is 62.2 Å². The van der Waals surface area contributed by atoms with Crippen molar-refractivity contribution in [3.63, 3.8) is 0 Å². The molecule has 2 rings (SSSR count). The zero-order valence-electron chi connectivity index (χ0n) is 12.2. The lowest BCUT2D eigenvalue weighted by Crippen LogP contribution is -2.51. The second-order valence-corrected chi connectivity index (χ2v) is 5.31. The molecular weight excluding hydrogens is 242 g/mol. The second-order valence-electron chi connectivity index (χ2n) is 5.31. The number of hydrogen-bond acceptors (Lipinski definition) is 4. The Morgan fingerprint density at radius 2 is 2.26 bits per heavy atom. The van der Waals surface area contributed by atoms with Gasteiger partial charge in [-0.3, -0.25) is 14.4 Å². The van der Waals surface area contributed by atoms with Crippen LogP contribution in [0.4, 0.5) is 5.69 Å². The Morgan fingerprint density at radius 1 is 1.53 bits per heavy atom. The van der Waals surface area contributed by atoms with Crippen LogP contribution in [0.3, 0.4) is 0 Å². The smallest absolute Gasteiger partial charge is 0.238 e. The van der Waals surface area contributed by atoms with Gasteiger partial charge in [-0.25, -0.2) is 0 Å². The number of rotatable bonds is 3. The molecule has 106 valence electrons. The summed E-state index contributed by atoms with van der Waals surface area (Å²) in [6.07, 6.45) is 0. The SMILES string of the molecule is Cc1nn(C)c(C)c1NC(=O)CN1CCN[C@H](C)C1. The molecular formula is C13H23N5O. The molecule has 6 heteroatoms. The summed E-state index contributed by atoms with van der Waals surface area (Å²) in [5.41, 5.74) is 2.69. The van der Waals surface area contributed by atoms with E-state index in [0.717, 1.165) is 36.7 Å². The molecule has 0 spiro atoms. The van der Waals surface area contributed by atoms with Crippen molar-refractivity contribution in [2.24, 2.45) is 7.05 Å². The molecule has 0 aromatic carbocycles. The molecule has 19 heavy (non-hydrogen) atoms. The molecule has 1 atom stereocenters. The third kappa shape index (κ3) is 3.33. The monoisotopic (exact) mass is 265 g/mol. The van der Waals surface area contributed by atoms with Crippen molar-refractivity contribution < 1.29 is 4.79 Å². The molecule has 0 radical (unpaired) electrons. The summed E-state index contributed by atoms with van der Waals surface area (Å²) in [5.74, 6) is 0.0355. The predicted octanol–water partition coefficient (Wildman–Crippen LogP) is 0.269. The van der Waals surface area contributed by atoms with E-state index in [9.17, 15) is 4.79 Å². The van der Waals surface area contributed by atoms with Crippen LogP contribution in [-0.2, 0) is 11.8 Å². The van der Waals surface area contributed by atoms with Gasteiger partial charge in [0.25, 0.3) is 0 Å². The molecule has 1 aromatic rings. The van der Waals surface area contributed by atoms with Gasteiger partial charge in [-0.05, 0) is 20.8 Å². The number of anilines is 1. The molecule has 0 saturated carbocycles. The van der Waals surface area contributed by atoms with Crippen molar-refractivity contribution in [1.29, 1.82) is 0 Å². The van der Waals surface area contributed by atoms with Gasteiger partial charge >= 0.3 is 0 Å². The fourth-order valence-corrected chi connectivity index (χ4v) is 2.49. The number of hydrogen-bond donors (Lipinski definition) is 2. The van der Waals surface area contributed by atoms with E-state index in [0.29, 0.717) is 12.6 Å². The summed E-state index contributed by atoms with van der Waals surface area (Å²) in [6.45, 7) is 9.23. The van der Waals surface area contributed by atoms with Crippen molar-refractivity contribution in [3.8, 4) is 0 Å². The van der Waals surface area contributed by atoms with Crippen LogP contribution in [-0.4, -0.2) is 52.8 Å². The average Bonchev–Trinajstić information content (AvgIpc) is 2.56. The predicted molar refractivity (Wildman–Crippen MR) is 75.2 cm³/mol. The Labute approximate surface area is 114 Å². The first kappa shape index (κ1) is 14.0. The highest BCUT2D eigenvalue weighted by Crippen LogP contribution is 2.18. The van der Waals surface area contributed by atoms with Gasteiger partial charge in [-0.1, -0.05) is 0 Å². The molecule has 2 N–H and O–H groups in total. The molecule has 1 aliphatic heterocycles. The molecule has 2 heterocycles. The maximum atomic E-state index is 12.1. The van der Waals surface area contributed by atoms with E-state index >= 15 is 0 Å². The molecule has 0 unspecified atom stereocenters. The summed E-state index contributed by atoms with van der Waals surface area (Å²) in [7, 11) is 1.88. The fourth-order valence-electron chi connectivity index (χ4n) is 2.49. The van der Waals surface area contributed by atoms with E-state index in [1.807, 2.05) is 20.9 Å². The number of aromatic nitrogens is 2. The number of nitrogens with zero attached hydrogens (tertiary/aromatic N) is 3. The van der Waals surface area contributed by atoms with E-state index in [1.165, 1.54) is 0 Å². The van der Waals surface area contributed by atoms with E-state index in [1.54, 1.807) is 4.68 Å². The summed E-state index contributed by atoms with van der Waals surface area (Å²) < 4.78 is 1.79. The zero-order chi connectivity index (χ0) is 14.0. The first-order chi connectivity index (χ1) is 8.97. The van der Waals surface area contributed by atoms with E-state index in [2.05, 4.69) is 27.6 Å². The van der Waals surface area contributed by atoms with Crippen molar-refractivity contribution in [3.05, 3.63) is 11.4 Å². The van der Waals surface area contributed by atoms with E-state index in [-0.39, 0.29) is 5.91 Å². The van der Waals surface area contributed by atoms with Crippen molar-refractivity contribution >= 4 is 11.6 Å². The summed E-state index contributed by atoms with van der Waals surface area (Å²) in [6, 6.07) is 0.448. The first-order valence-electron chi connectivity index (χ1n) is 6.73. The lowest BCUT2D eigenvalue weighted by atomic mass is 10.2. The standard InChI is InChI=1S/C13H23N5O/c1-9-7-18(6-5-14-9)8-12(19)15-13-10(2)16-17(4)11(13)3/h9,14H,5-8H2,1-4H3,(H,15,19)/t9-/m1/s1. The molecule has 0 aliphatic carbocycles. The maximum Gasteiger partial charge on any atom is 0.238 e. The number of piperazine rings is 1. The van der Waals surface area contributed by atoms with Gasteiger partial charge < -0.3 is 10.6 Å². The van der Waals surface area contributed by atoms with Gasteiger partial charge in [0, 0.05) is 32.7 Å². The highest BCUT2D eigenvalue weighted by atomic mass is 16.2. The van der Waals surface area contributed by atoms with E-state index < -0.39 is 0 Å². The van der Waals surface area contributed by atoms with Crippen LogP contribution in [0.1, 0.15) is 18.3 Å². The number of nitrogens with one attached hydrogen (secondary N) is 2. The molecule has 1 amide bonds. The van der Waals surface area contributed by atoms with Crippen LogP contribution in [0.25, 0.3) is 0 Å². The van der Waals surface area contributed by atoms with Crippen molar-refractivity contribution in [2.45, 2.75) is 26.8 Å². The van der Waals surface area contributed by atoms with Crippen LogP contribution >= 0.6 is 0 Å². The molecule has 1 aliphatic rings. The molecule has 1 aromatic heterocycles. The Morgan fingerprint density at radius 3 is 2.84 bits per heavy atom. The quantitative estimate of drug-likeness (QED) is 0.823. The lowest BCUT2D eigenvalue weighted by molar-refractivity contribution is -0.117.